The molecule has 2 aromatic heterocycles. The van der Waals surface area contributed by atoms with Gasteiger partial charge in [-0.1, -0.05) is 24.4 Å². The molecule has 0 radical (unpaired) electrons. The Balaban J connectivity index is 1.28. The van der Waals surface area contributed by atoms with Crippen molar-refractivity contribution >= 4 is 34.3 Å². The lowest BCUT2D eigenvalue weighted by molar-refractivity contribution is 0.0855. The van der Waals surface area contributed by atoms with Crippen LogP contribution in [0.25, 0.3) is 10.9 Å². The normalized spacial score (nSPS) is 20.8. The van der Waals surface area contributed by atoms with Crippen LogP contribution in [0.1, 0.15) is 58.0 Å². The SMILES string of the molecule is CN1Cc2cnc(C(=O)NC3CCCCC3NC(=O)c3cc4cc(Cl)ccc4[nH]3)nc2C1. The molecule has 3 aromatic rings. The van der Waals surface area contributed by atoms with Crippen molar-refractivity contribution in [2.45, 2.75) is 50.9 Å². The maximum absolute atomic E-state index is 12.9. The number of H-pyrrole nitrogens is 1. The Hall–Kier alpha value is -2.97. The second-order valence-corrected chi connectivity index (χ2v) is 9.13. The minimum atomic E-state index is -0.297. The van der Waals surface area contributed by atoms with Crippen LogP contribution >= 0.6 is 11.6 Å². The minimum Gasteiger partial charge on any atom is -0.351 e. The van der Waals surface area contributed by atoms with E-state index in [2.05, 4.69) is 30.5 Å². The largest absolute Gasteiger partial charge is 0.351 e. The van der Waals surface area contributed by atoms with Crippen LogP contribution in [-0.2, 0) is 13.1 Å². The van der Waals surface area contributed by atoms with E-state index in [1.54, 1.807) is 18.3 Å². The summed E-state index contributed by atoms with van der Waals surface area (Å²) < 4.78 is 0. The monoisotopic (exact) mass is 452 g/mol. The number of hydrogen-bond acceptors (Lipinski definition) is 5. The van der Waals surface area contributed by atoms with Crippen molar-refractivity contribution in [3.63, 3.8) is 0 Å². The van der Waals surface area contributed by atoms with Gasteiger partial charge in [0.1, 0.15) is 5.69 Å². The van der Waals surface area contributed by atoms with Crippen molar-refractivity contribution in [2.75, 3.05) is 7.05 Å². The number of nitrogens with one attached hydrogen (secondary N) is 3. The van der Waals surface area contributed by atoms with E-state index in [0.717, 1.165) is 60.9 Å². The van der Waals surface area contributed by atoms with E-state index in [4.69, 9.17) is 11.6 Å². The van der Waals surface area contributed by atoms with E-state index < -0.39 is 0 Å². The number of carbonyl (C=O) groups excluding carboxylic acids is 2. The van der Waals surface area contributed by atoms with Crippen LogP contribution in [0.3, 0.4) is 0 Å². The summed E-state index contributed by atoms with van der Waals surface area (Å²) in [6, 6.07) is 6.93. The molecule has 3 N–H and O–H groups in total. The topological polar surface area (TPSA) is 103 Å². The summed E-state index contributed by atoms with van der Waals surface area (Å²) >= 11 is 6.05. The molecule has 166 valence electrons. The number of aromatic nitrogens is 3. The third kappa shape index (κ3) is 4.20. The lowest BCUT2D eigenvalue weighted by Gasteiger charge is -2.32. The number of carbonyl (C=O) groups is 2. The van der Waals surface area contributed by atoms with Gasteiger partial charge in [0, 0.05) is 52.9 Å². The smallest absolute Gasteiger partial charge is 0.289 e. The van der Waals surface area contributed by atoms with Gasteiger partial charge in [0.2, 0.25) is 5.82 Å². The highest BCUT2D eigenvalue weighted by molar-refractivity contribution is 6.31. The molecule has 2 amide bonds. The fraction of sp³-hybridized carbons (Fsp3) is 0.391. The predicted molar refractivity (Wildman–Crippen MR) is 121 cm³/mol. The van der Waals surface area contributed by atoms with Gasteiger partial charge in [-0.25, -0.2) is 9.97 Å². The van der Waals surface area contributed by atoms with Crippen molar-refractivity contribution in [1.82, 2.24) is 30.5 Å². The number of hydrogen-bond donors (Lipinski definition) is 3. The molecule has 1 aliphatic heterocycles. The third-order valence-corrected chi connectivity index (χ3v) is 6.48. The predicted octanol–water partition coefficient (Wildman–Crippen LogP) is 3.03. The van der Waals surface area contributed by atoms with E-state index in [0.29, 0.717) is 10.7 Å². The number of aromatic amines is 1. The van der Waals surface area contributed by atoms with Gasteiger partial charge >= 0.3 is 0 Å². The van der Waals surface area contributed by atoms with Crippen molar-refractivity contribution in [3.8, 4) is 0 Å². The highest BCUT2D eigenvalue weighted by Crippen LogP contribution is 2.23. The second kappa shape index (κ2) is 8.52. The number of rotatable bonds is 4. The van der Waals surface area contributed by atoms with Crippen molar-refractivity contribution in [1.29, 1.82) is 0 Å². The van der Waals surface area contributed by atoms with Crippen LogP contribution in [0.2, 0.25) is 5.02 Å². The van der Waals surface area contributed by atoms with Gasteiger partial charge < -0.3 is 15.6 Å². The zero-order valence-electron chi connectivity index (χ0n) is 17.8. The Morgan fingerprint density at radius 3 is 2.62 bits per heavy atom. The van der Waals surface area contributed by atoms with Gasteiger partial charge in [0.15, 0.2) is 0 Å². The maximum atomic E-state index is 12.9. The molecule has 1 aliphatic carbocycles. The molecule has 1 fully saturated rings. The number of nitrogens with zero attached hydrogens (tertiary/aromatic N) is 3. The van der Waals surface area contributed by atoms with E-state index in [1.165, 1.54) is 0 Å². The zero-order chi connectivity index (χ0) is 22.2. The third-order valence-electron chi connectivity index (χ3n) is 6.24. The van der Waals surface area contributed by atoms with Crippen LogP contribution < -0.4 is 10.6 Å². The van der Waals surface area contributed by atoms with Crippen molar-refractivity contribution in [3.05, 3.63) is 58.3 Å². The molecule has 8 nitrogen and oxygen atoms in total. The van der Waals surface area contributed by atoms with Gasteiger partial charge in [-0.05, 0) is 44.2 Å². The van der Waals surface area contributed by atoms with Gasteiger partial charge in [-0.3, -0.25) is 14.5 Å². The zero-order valence-corrected chi connectivity index (χ0v) is 18.6. The summed E-state index contributed by atoms with van der Waals surface area (Å²) in [6.45, 7) is 1.52. The second-order valence-electron chi connectivity index (χ2n) is 8.70. The fourth-order valence-electron chi connectivity index (χ4n) is 4.60. The maximum Gasteiger partial charge on any atom is 0.289 e. The number of fused-ring (bicyclic) bond motifs is 2. The van der Waals surface area contributed by atoms with E-state index in [-0.39, 0.29) is 29.7 Å². The number of benzene rings is 1. The van der Waals surface area contributed by atoms with Gasteiger partial charge in [0.25, 0.3) is 11.8 Å². The molecule has 5 rings (SSSR count). The van der Waals surface area contributed by atoms with Gasteiger partial charge in [0.05, 0.1) is 5.69 Å². The van der Waals surface area contributed by atoms with Gasteiger partial charge in [-0.15, -0.1) is 0 Å². The Morgan fingerprint density at radius 1 is 1.09 bits per heavy atom. The lowest BCUT2D eigenvalue weighted by Crippen LogP contribution is -2.53. The first-order valence-electron chi connectivity index (χ1n) is 10.9. The van der Waals surface area contributed by atoms with E-state index >= 15 is 0 Å². The minimum absolute atomic E-state index is 0.157. The molecule has 32 heavy (non-hydrogen) atoms. The summed E-state index contributed by atoms with van der Waals surface area (Å²) in [5.74, 6) is -0.309. The summed E-state index contributed by atoms with van der Waals surface area (Å²) in [4.78, 5) is 39.8. The molecule has 3 heterocycles. The standard InChI is InChI=1S/C23H25ClN6O2/c1-30-11-14-10-25-21(27-20(14)12-30)23(32)29-18-5-3-2-4-17(18)28-22(31)19-9-13-8-15(24)6-7-16(13)26-19/h6-10,17-18,26H,2-5,11-12H2,1H3,(H,28,31)(H,29,32). The van der Waals surface area contributed by atoms with Crippen molar-refractivity contribution < 1.29 is 9.59 Å². The van der Waals surface area contributed by atoms with Gasteiger partial charge in [-0.2, -0.15) is 0 Å². The average Bonchev–Trinajstić information content (AvgIpc) is 3.36. The van der Waals surface area contributed by atoms with Crippen LogP contribution in [0.15, 0.2) is 30.5 Å². The Labute approximate surface area is 190 Å². The first kappa shape index (κ1) is 20.9. The van der Waals surface area contributed by atoms with E-state index in [1.807, 2.05) is 19.2 Å². The van der Waals surface area contributed by atoms with Crippen LogP contribution in [0, 0.1) is 0 Å². The molecule has 1 aromatic carbocycles. The highest BCUT2D eigenvalue weighted by Gasteiger charge is 2.30. The molecule has 2 atom stereocenters. The van der Waals surface area contributed by atoms with Crippen LogP contribution in [0.4, 0.5) is 0 Å². The summed E-state index contributed by atoms with van der Waals surface area (Å²) in [5.41, 5.74) is 3.29. The van der Waals surface area contributed by atoms with Crippen LogP contribution in [0.5, 0.6) is 0 Å². The molecule has 0 bridgehead atoms. The quantitative estimate of drug-likeness (QED) is 0.564. The molecule has 1 saturated carbocycles. The lowest BCUT2D eigenvalue weighted by atomic mass is 9.90. The number of halogens is 1. The molecular weight excluding hydrogens is 428 g/mol. The molecular formula is C23H25ClN6O2. The first-order valence-corrected chi connectivity index (χ1v) is 11.3. The summed E-state index contributed by atoms with van der Waals surface area (Å²) in [7, 11) is 2.01. The molecule has 0 saturated heterocycles. The molecule has 2 unspecified atom stereocenters. The number of amides is 2. The van der Waals surface area contributed by atoms with Crippen LogP contribution in [-0.4, -0.2) is 50.8 Å². The highest BCUT2D eigenvalue weighted by atomic mass is 35.5. The summed E-state index contributed by atoms with van der Waals surface area (Å²) in [5, 5.41) is 7.67. The molecule has 0 spiro atoms. The first-order chi connectivity index (χ1) is 15.5. The average molecular weight is 453 g/mol. The Bertz CT molecular complexity index is 1190. The van der Waals surface area contributed by atoms with Crippen molar-refractivity contribution in [2.24, 2.45) is 0 Å². The van der Waals surface area contributed by atoms with E-state index in [9.17, 15) is 9.59 Å². The molecule has 9 heteroatoms. The fourth-order valence-corrected chi connectivity index (χ4v) is 4.78. The molecule has 2 aliphatic rings. The Morgan fingerprint density at radius 2 is 1.84 bits per heavy atom. The Kier molecular flexibility index (Phi) is 5.57. The summed E-state index contributed by atoms with van der Waals surface area (Å²) in [6.07, 6.45) is 5.34.